The fourth-order valence-corrected chi connectivity index (χ4v) is 2.70. The molecule has 7 heteroatoms. The molecule has 0 radical (unpaired) electrons. The van der Waals surface area contributed by atoms with Crippen LogP contribution in [0.15, 0.2) is 5.03 Å². The Bertz CT molecular complexity index is 547. The molecule has 1 aliphatic rings. The van der Waals surface area contributed by atoms with E-state index in [0.717, 1.165) is 11.9 Å². The molecule has 0 atom stereocenters. The summed E-state index contributed by atoms with van der Waals surface area (Å²) in [4.78, 5) is 6.75. The second-order valence-electron chi connectivity index (χ2n) is 3.38. The highest BCUT2D eigenvalue weighted by Crippen LogP contribution is 2.20. The maximum atomic E-state index is 11.5. The number of nitrogens with zero attached hydrogens (tertiary/aromatic N) is 1. The predicted octanol–water partition coefficient (Wildman–Crippen LogP) is 0.615. The van der Waals surface area contributed by atoms with Gasteiger partial charge in [0.05, 0.1) is 13.2 Å². The lowest BCUT2D eigenvalue weighted by Crippen LogP contribution is -2.18. The van der Waals surface area contributed by atoms with Gasteiger partial charge in [0.2, 0.25) is 0 Å². The zero-order chi connectivity index (χ0) is 11.1. The van der Waals surface area contributed by atoms with E-state index < -0.39 is 9.84 Å². The third-order valence-electron chi connectivity index (χ3n) is 2.18. The molecule has 0 amide bonds. The van der Waals surface area contributed by atoms with E-state index in [-0.39, 0.29) is 16.4 Å². The molecule has 1 aromatic heterocycles. The molecule has 0 bridgehead atoms. The van der Waals surface area contributed by atoms with Crippen LogP contribution in [0.2, 0.25) is 0 Å². The summed E-state index contributed by atoms with van der Waals surface area (Å²) in [6.45, 7) is 0.850. The standard InChI is InChI=1S/C8H10N2O3S2/c1-15(11,12)7-5-4-13-3-2-6(5)9-8(14)10-7/h2-4H2,1H3,(H,9,10,14). The summed E-state index contributed by atoms with van der Waals surface area (Å²) in [5, 5.41) is 0.0425. The maximum absolute atomic E-state index is 11.5. The summed E-state index contributed by atoms with van der Waals surface area (Å²) in [5.41, 5.74) is 1.43. The van der Waals surface area contributed by atoms with Crippen molar-refractivity contribution in [3.63, 3.8) is 0 Å². The highest BCUT2D eigenvalue weighted by atomic mass is 32.2. The van der Waals surface area contributed by atoms with Gasteiger partial charge in [0.25, 0.3) is 0 Å². The lowest BCUT2D eigenvalue weighted by Gasteiger charge is -2.17. The minimum Gasteiger partial charge on any atom is -0.376 e. The summed E-state index contributed by atoms with van der Waals surface area (Å²) in [5.74, 6) is 0. The molecule has 0 unspecified atom stereocenters. The molecule has 0 spiro atoms. The van der Waals surface area contributed by atoms with E-state index in [1.807, 2.05) is 0 Å². The molecule has 0 aliphatic carbocycles. The van der Waals surface area contributed by atoms with Crippen LogP contribution in [-0.4, -0.2) is 31.2 Å². The number of aromatic nitrogens is 2. The Morgan fingerprint density at radius 1 is 1.53 bits per heavy atom. The van der Waals surface area contributed by atoms with Crippen molar-refractivity contribution in [3.8, 4) is 0 Å². The molecule has 1 aliphatic heterocycles. The number of H-pyrrole nitrogens is 1. The Hall–Kier alpha value is -0.790. The molecule has 2 heterocycles. The first kappa shape index (κ1) is 10.7. The van der Waals surface area contributed by atoms with Crippen molar-refractivity contribution in [2.24, 2.45) is 0 Å². The third kappa shape index (κ3) is 2.09. The van der Waals surface area contributed by atoms with Crippen molar-refractivity contribution in [1.82, 2.24) is 9.97 Å². The summed E-state index contributed by atoms with van der Waals surface area (Å²) in [6, 6.07) is 0. The maximum Gasteiger partial charge on any atom is 0.198 e. The molecule has 82 valence electrons. The number of ether oxygens (including phenoxy) is 1. The molecule has 0 aromatic carbocycles. The Morgan fingerprint density at radius 2 is 2.27 bits per heavy atom. The average molecular weight is 246 g/mol. The zero-order valence-corrected chi connectivity index (χ0v) is 9.74. The van der Waals surface area contributed by atoms with Gasteiger partial charge in [0.15, 0.2) is 19.6 Å². The van der Waals surface area contributed by atoms with Crippen molar-refractivity contribution >= 4 is 22.1 Å². The highest BCUT2D eigenvalue weighted by molar-refractivity contribution is 7.90. The summed E-state index contributed by atoms with van der Waals surface area (Å²) < 4.78 is 28.4. The smallest absolute Gasteiger partial charge is 0.198 e. The Morgan fingerprint density at radius 3 is 2.93 bits per heavy atom. The first-order valence-electron chi connectivity index (χ1n) is 4.38. The fraction of sp³-hybridized carbons (Fsp3) is 0.500. The summed E-state index contributed by atoms with van der Waals surface area (Å²) in [7, 11) is -3.34. The molecule has 2 rings (SSSR count). The van der Waals surface area contributed by atoms with Gasteiger partial charge in [0.1, 0.15) is 0 Å². The quantitative estimate of drug-likeness (QED) is 0.581. The number of aromatic amines is 1. The topological polar surface area (TPSA) is 72.0 Å². The molecular formula is C8H10N2O3S2. The van der Waals surface area contributed by atoms with E-state index in [0.29, 0.717) is 18.6 Å². The molecule has 0 saturated heterocycles. The fourth-order valence-electron chi connectivity index (χ4n) is 1.54. The second kappa shape index (κ2) is 3.66. The van der Waals surface area contributed by atoms with E-state index in [2.05, 4.69) is 9.97 Å². The van der Waals surface area contributed by atoms with E-state index in [1.54, 1.807) is 0 Å². The number of sulfone groups is 1. The third-order valence-corrected chi connectivity index (χ3v) is 3.41. The molecule has 5 nitrogen and oxygen atoms in total. The molecule has 0 fully saturated rings. The lowest BCUT2D eigenvalue weighted by molar-refractivity contribution is 0.106. The minimum atomic E-state index is -3.34. The number of hydrogen-bond donors (Lipinski definition) is 1. The van der Waals surface area contributed by atoms with Gasteiger partial charge in [-0.25, -0.2) is 13.4 Å². The largest absolute Gasteiger partial charge is 0.376 e. The molecule has 15 heavy (non-hydrogen) atoms. The van der Waals surface area contributed by atoms with E-state index >= 15 is 0 Å². The van der Waals surface area contributed by atoms with Crippen LogP contribution >= 0.6 is 12.2 Å². The summed E-state index contributed by atoms with van der Waals surface area (Å²) >= 11 is 4.88. The summed E-state index contributed by atoms with van der Waals surface area (Å²) in [6.07, 6.45) is 1.77. The van der Waals surface area contributed by atoms with Gasteiger partial charge < -0.3 is 9.72 Å². The van der Waals surface area contributed by atoms with Crippen LogP contribution in [0.5, 0.6) is 0 Å². The monoisotopic (exact) mass is 246 g/mol. The van der Waals surface area contributed by atoms with Gasteiger partial charge in [0, 0.05) is 23.9 Å². The van der Waals surface area contributed by atoms with Crippen molar-refractivity contribution < 1.29 is 13.2 Å². The van der Waals surface area contributed by atoms with Crippen LogP contribution in [0.3, 0.4) is 0 Å². The molecular weight excluding hydrogens is 236 g/mol. The van der Waals surface area contributed by atoms with Crippen molar-refractivity contribution in [3.05, 3.63) is 16.0 Å². The number of fused-ring (bicyclic) bond motifs is 1. The first-order chi connectivity index (χ1) is 6.98. The normalized spacial score (nSPS) is 16.1. The van der Waals surface area contributed by atoms with Gasteiger partial charge in [-0.1, -0.05) is 0 Å². The van der Waals surface area contributed by atoms with Gasteiger partial charge in [-0.2, -0.15) is 0 Å². The van der Waals surface area contributed by atoms with Crippen molar-refractivity contribution in [2.45, 2.75) is 18.1 Å². The van der Waals surface area contributed by atoms with Crippen LogP contribution < -0.4 is 0 Å². The molecule has 1 aromatic rings. The Kier molecular flexibility index (Phi) is 2.61. The van der Waals surface area contributed by atoms with Gasteiger partial charge in [-0.3, -0.25) is 0 Å². The van der Waals surface area contributed by atoms with E-state index in [9.17, 15) is 8.42 Å². The number of hydrogen-bond acceptors (Lipinski definition) is 5. The number of rotatable bonds is 1. The minimum absolute atomic E-state index is 0.0425. The van der Waals surface area contributed by atoms with Gasteiger partial charge in [-0.15, -0.1) is 0 Å². The number of nitrogens with one attached hydrogen (secondary N) is 1. The van der Waals surface area contributed by atoms with Crippen LogP contribution in [0.4, 0.5) is 0 Å². The van der Waals surface area contributed by atoms with E-state index in [1.165, 1.54) is 0 Å². The highest BCUT2D eigenvalue weighted by Gasteiger charge is 2.21. The van der Waals surface area contributed by atoms with Gasteiger partial charge in [-0.05, 0) is 12.2 Å². The van der Waals surface area contributed by atoms with Gasteiger partial charge >= 0.3 is 0 Å². The Balaban J connectivity index is 2.74. The van der Waals surface area contributed by atoms with Crippen LogP contribution in [0.1, 0.15) is 11.3 Å². The first-order valence-corrected chi connectivity index (χ1v) is 6.68. The van der Waals surface area contributed by atoms with Crippen LogP contribution in [-0.2, 0) is 27.6 Å². The molecule has 1 N–H and O–H groups in total. The van der Waals surface area contributed by atoms with E-state index in [4.69, 9.17) is 17.0 Å². The second-order valence-corrected chi connectivity index (χ2v) is 5.70. The lowest BCUT2D eigenvalue weighted by atomic mass is 10.1. The Labute approximate surface area is 92.4 Å². The molecule has 0 saturated carbocycles. The predicted molar refractivity (Wildman–Crippen MR) is 55.9 cm³/mol. The SMILES string of the molecule is CS(=O)(=O)c1nc(=S)[nH]c2c1COCC2. The average Bonchev–Trinajstić information content (AvgIpc) is 2.15. The van der Waals surface area contributed by atoms with Crippen LogP contribution in [0, 0.1) is 4.77 Å². The zero-order valence-electron chi connectivity index (χ0n) is 8.11. The van der Waals surface area contributed by atoms with Crippen LogP contribution in [0.25, 0.3) is 0 Å². The van der Waals surface area contributed by atoms with Crippen molar-refractivity contribution in [2.75, 3.05) is 12.9 Å². The van der Waals surface area contributed by atoms with Crippen molar-refractivity contribution in [1.29, 1.82) is 0 Å².